The lowest BCUT2D eigenvalue weighted by molar-refractivity contribution is -0.119. The van der Waals surface area contributed by atoms with Gasteiger partial charge in [0.15, 0.2) is 0 Å². The maximum absolute atomic E-state index is 10.6. The Morgan fingerprint density at radius 1 is 1.31 bits per heavy atom. The van der Waals surface area contributed by atoms with Gasteiger partial charge in [-0.1, -0.05) is 20.3 Å². The minimum atomic E-state index is 0.0616. The Balaban J connectivity index is 3.41. The summed E-state index contributed by atoms with van der Waals surface area (Å²) in [5.74, 6) is 0.0616. The lowest BCUT2D eigenvalue weighted by Gasteiger charge is -2.19. The van der Waals surface area contributed by atoms with Crippen LogP contribution < -0.4 is 5.32 Å². The summed E-state index contributed by atoms with van der Waals surface area (Å²) in [6.45, 7) is 9.86. The van der Waals surface area contributed by atoms with Crippen molar-refractivity contribution in [2.24, 2.45) is 0 Å². The van der Waals surface area contributed by atoms with Crippen LogP contribution in [0.15, 0.2) is 0 Å². The van der Waals surface area contributed by atoms with E-state index in [1.54, 1.807) is 6.92 Å². The average Bonchev–Trinajstić information content (AvgIpc) is 2.10. The third-order valence-electron chi connectivity index (χ3n) is 2.08. The summed E-state index contributed by atoms with van der Waals surface area (Å²) in [6, 6.07) is 0. The molecule has 0 aromatic heterocycles. The molecule has 1 N–H and O–H groups in total. The molecule has 0 fully saturated rings. The summed E-state index contributed by atoms with van der Waals surface area (Å²) in [6.07, 6.45) is 2.48. The molecule has 0 saturated heterocycles. The zero-order valence-electron chi connectivity index (χ0n) is 9.10. The third-order valence-corrected chi connectivity index (χ3v) is 2.08. The van der Waals surface area contributed by atoms with Crippen LogP contribution in [0.25, 0.3) is 0 Å². The highest BCUT2D eigenvalue weighted by atomic mass is 16.1. The van der Waals surface area contributed by atoms with Crippen LogP contribution in [0.5, 0.6) is 0 Å². The molecule has 0 saturated carbocycles. The summed E-state index contributed by atoms with van der Waals surface area (Å²) in [5, 5.41) is 2.81. The first-order valence-corrected chi connectivity index (χ1v) is 5.17. The van der Waals surface area contributed by atoms with Crippen molar-refractivity contribution < 1.29 is 4.79 Å². The van der Waals surface area contributed by atoms with E-state index in [4.69, 9.17) is 0 Å². The normalized spacial score (nSPS) is 10.5. The Hall–Kier alpha value is -0.570. The third kappa shape index (κ3) is 7.78. The van der Waals surface area contributed by atoms with Gasteiger partial charge in [0, 0.05) is 20.0 Å². The van der Waals surface area contributed by atoms with Crippen molar-refractivity contribution in [2.45, 2.75) is 33.6 Å². The molecule has 0 aromatic rings. The van der Waals surface area contributed by atoms with Crippen molar-refractivity contribution in [2.75, 3.05) is 26.2 Å². The molecule has 0 aromatic carbocycles. The first-order valence-electron chi connectivity index (χ1n) is 5.17. The molecule has 0 rings (SSSR count). The van der Waals surface area contributed by atoms with Gasteiger partial charge in [0.2, 0.25) is 5.91 Å². The van der Waals surface area contributed by atoms with Crippen molar-refractivity contribution in [3.63, 3.8) is 0 Å². The highest BCUT2D eigenvalue weighted by Gasteiger charge is 2.00. The summed E-state index contributed by atoms with van der Waals surface area (Å²) in [7, 11) is 0. The predicted octanol–water partition coefficient (Wildman–Crippen LogP) is 1.24. The van der Waals surface area contributed by atoms with Crippen LogP contribution in [0.1, 0.15) is 33.6 Å². The van der Waals surface area contributed by atoms with Crippen LogP contribution in [0.4, 0.5) is 0 Å². The molecule has 0 heterocycles. The van der Waals surface area contributed by atoms with Gasteiger partial charge in [0.1, 0.15) is 0 Å². The number of hydrogen-bond acceptors (Lipinski definition) is 2. The quantitative estimate of drug-likeness (QED) is 0.649. The van der Waals surface area contributed by atoms with Crippen molar-refractivity contribution in [1.82, 2.24) is 10.2 Å². The highest BCUT2D eigenvalue weighted by Crippen LogP contribution is 1.93. The van der Waals surface area contributed by atoms with Crippen LogP contribution in [0.2, 0.25) is 0 Å². The number of nitrogens with zero attached hydrogens (tertiary/aromatic N) is 1. The molecule has 0 aliphatic heterocycles. The topological polar surface area (TPSA) is 32.3 Å². The molecule has 3 nitrogen and oxygen atoms in total. The Kier molecular flexibility index (Phi) is 7.69. The zero-order chi connectivity index (χ0) is 10.1. The molecule has 13 heavy (non-hydrogen) atoms. The van der Waals surface area contributed by atoms with Gasteiger partial charge in [-0.3, -0.25) is 4.79 Å². The van der Waals surface area contributed by atoms with Gasteiger partial charge in [-0.2, -0.15) is 0 Å². The monoisotopic (exact) mass is 186 g/mol. The van der Waals surface area contributed by atoms with Crippen molar-refractivity contribution in [1.29, 1.82) is 0 Å². The number of nitrogens with one attached hydrogen (secondary N) is 1. The van der Waals surface area contributed by atoms with E-state index in [9.17, 15) is 4.79 Å². The first kappa shape index (κ1) is 12.4. The van der Waals surface area contributed by atoms with Gasteiger partial charge in [-0.15, -0.1) is 0 Å². The summed E-state index contributed by atoms with van der Waals surface area (Å²) >= 11 is 0. The molecule has 0 atom stereocenters. The van der Waals surface area contributed by atoms with Crippen LogP contribution in [0.3, 0.4) is 0 Å². The van der Waals surface area contributed by atoms with E-state index in [0.29, 0.717) is 0 Å². The molecular weight excluding hydrogens is 164 g/mol. The van der Waals surface area contributed by atoms with Crippen LogP contribution in [0, 0.1) is 0 Å². The largest absolute Gasteiger partial charge is 0.355 e. The number of likely N-dealkylation sites (N-methyl/N-ethyl adjacent to an activating group) is 1. The van der Waals surface area contributed by atoms with Gasteiger partial charge in [-0.25, -0.2) is 0 Å². The van der Waals surface area contributed by atoms with Gasteiger partial charge >= 0.3 is 0 Å². The predicted molar refractivity (Wildman–Crippen MR) is 55.7 cm³/mol. The second kappa shape index (κ2) is 8.05. The van der Waals surface area contributed by atoms with Gasteiger partial charge < -0.3 is 10.2 Å². The van der Waals surface area contributed by atoms with E-state index >= 15 is 0 Å². The van der Waals surface area contributed by atoms with Crippen molar-refractivity contribution in [3.05, 3.63) is 0 Å². The van der Waals surface area contributed by atoms with Crippen LogP contribution in [-0.4, -0.2) is 37.0 Å². The second-order valence-electron chi connectivity index (χ2n) is 3.27. The number of carbonyl (C=O) groups is 1. The zero-order valence-corrected chi connectivity index (χ0v) is 9.10. The summed E-state index contributed by atoms with van der Waals surface area (Å²) in [5.41, 5.74) is 0. The number of carbonyl (C=O) groups excluding carboxylic acids is 1. The van der Waals surface area contributed by atoms with Crippen molar-refractivity contribution >= 4 is 5.91 Å². The van der Waals surface area contributed by atoms with Gasteiger partial charge in [0.25, 0.3) is 0 Å². The van der Waals surface area contributed by atoms with E-state index in [1.807, 2.05) is 0 Å². The molecule has 0 aliphatic rings. The Bertz CT molecular complexity index is 137. The minimum absolute atomic E-state index is 0.0616. The van der Waals surface area contributed by atoms with E-state index in [2.05, 4.69) is 24.1 Å². The fourth-order valence-corrected chi connectivity index (χ4v) is 1.20. The lowest BCUT2D eigenvalue weighted by Crippen LogP contribution is -2.34. The number of hydrogen-bond donors (Lipinski definition) is 1. The molecule has 3 heteroatoms. The van der Waals surface area contributed by atoms with E-state index in [-0.39, 0.29) is 5.91 Å². The molecule has 0 radical (unpaired) electrons. The van der Waals surface area contributed by atoms with Gasteiger partial charge in [0.05, 0.1) is 0 Å². The Morgan fingerprint density at radius 3 is 2.46 bits per heavy atom. The number of unbranched alkanes of at least 4 members (excludes halogenated alkanes) is 1. The molecule has 0 unspecified atom stereocenters. The lowest BCUT2D eigenvalue weighted by atomic mass is 10.3. The molecule has 78 valence electrons. The fraction of sp³-hybridized carbons (Fsp3) is 0.900. The molecule has 0 spiro atoms. The molecule has 0 aliphatic carbocycles. The fourth-order valence-electron chi connectivity index (χ4n) is 1.20. The van der Waals surface area contributed by atoms with E-state index in [1.165, 1.54) is 12.8 Å². The maximum atomic E-state index is 10.6. The second-order valence-corrected chi connectivity index (χ2v) is 3.27. The minimum Gasteiger partial charge on any atom is -0.355 e. The maximum Gasteiger partial charge on any atom is 0.216 e. The van der Waals surface area contributed by atoms with Gasteiger partial charge in [-0.05, 0) is 19.5 Å². The van der Waals surface area contributed by atoms with Crippen LogP contribution >= 0.6 is 0 Å². The van der Waals surface area contributed by atoms with Crippen LogP contribution in [-0.2, 0) is 4.79 Å². The highest BCUT2D eigenvalue weighted by molar-refractivity contribution is 5.72. The molecule has 1 amide bonds. The summed E-state index contributed by atoms with van der Waals surface area (Å²) < 4.78 is 0. The SMILES string of the molecule is CCCCN(CC)CCNC(C)=O. The molecular formula is C10H22N2O. The van der Waals surface area contributed by atoms with Crippen molar-refractivity contribution in [3.8, 4) is 0 Å². The average molecular weight is 186 g/mol. The number of rotatable bonds is 7. The standard InChI is InChI=1S/C10H22N2O/c1-4-6-8-12(5-2)9-7-11-10(3)13/h4-9H2,1-3H3,(H,11,13). The smallest absolute Gasteiger partial charge is 0.216 e. The molecule has 0 bridgehead atoms. The van der Waals surface area contributed by atoms with E-state index in [0.717, 1.165) is 26.2 Å². The first-order chi connectivity index (χ1) is 6.20. The Morgan fingerprint density at radius 2 is 2.00 bits per heavy atom. The Labute approximate surface area is 81.5 Å². The van der Waals surface area contributed by atoms with E-state index < -0.39 is 0 Å². The summed E-state index contributed by atoms with van der Waals surface area (Å²) in [4.78, 5) is 13.0. The number of amides is 1.